The second kappa shape index (κ2) is 8.17. The van der Waals surface area contributed by atoms with Gasteiger partial charge in [0.05, 0.1) is 0 Å². The molecule has 3 rings (SSSR count). The number of benzene rings is 2. The summed E-state index contributed by atoms with van der Waals surface area (Å²) in [6.07, 6.45) is 3.14. The van der Waals surface area contributed by atoms with Crippen molar-refractivity contribution in [2.24, 2.45) is 0 Å². The first-order chi connectivity index (χ1) is 13.0. The highest BCUT2D eigenvalue weighted by Crippen LogP contribution is 2.23. The Hall–Kier alpha value is -3.62. The van der Waals surface area contributed by atoms with Gasteiger partial charge >= 0.3 is 6.61 Å². The molecule has 0 aliphatic carbocycles. The number of rotatable bonds is 6. The second-order valence-electron chi connectivity index (χ2n) is 5.26. The van der Waals surface area contributed by atoms with Crippen molar-refractivity contribution >= 4 is 23.2 Å². The lowest BCUT2D eigenvalue weighted by Gasteiger charge is -2.10. The molecule has 0 aliphatic rings. The van der Waals surface area contributed by atoms with E-state index >= 15 is 0 Å². The summed E-state index contributed by atoms with van der Waals surface area (Å²) >= 11 is 0. The van der Waals surface area contributed by atoms with Crippen molar-refractivity contribution in [1.82, 2.24) is 9.97 Å². The van der Waals surface area contributed by atoms with E-state index in [9.17, 15) is 18.0 Å². The van der Waals surface area contributed by atoms with Crippen LogP contribution in [-0.2, 0) is 0 Å². The van der Waals surface area contributed by atoms with Gasteiger partial charge in [-0.25, -0.2) is 14.4 Å². The van der Waals surface area contributed by atoms with Crippen LogP contribution in [-0.4, -0.2) is 22.5 Å². The Labute approximate surface area is 152 Å². The Balaban J connectivity index is 1.71. The van der Waals surface area contributed by atoms with Crippen LogP contribution in [0.25, 0.3) is 0 Å². The molecule has 2 N–H and O–H groups in total. The topological polar surface area (TPSA) is 76.1 Å². The van der Waals surface area contributed by atoms with Crippen molar-refractivity contribution in [2.45, 2.75) is 6.61 Å². The smallest absolute Gasteiger partial charge is 0.387 e. The Morgan fingerprint density at radius 1 is 1.00 bits per heavy atom. The van der Waals surface area contributed by atoms with Crippen LogP contribution in [0.5, 0.6) is 5.75 Å². The molecule has 1 heterocycles. The Bertz CT molecular complexity index is 939. The van der Waals surface area contributed by atoms with Crippen LogP contribution in [0.15, 0.2) is 60.9 Å². The number of nitrogens with zero attached hydrogens (tertiary/aromatic N) is 2. The fraction of sp³-hybridized carbons (Fsp3) is 0.0556. The number of carbonyl (C=O) groups excluding carboxylic acids is 1. The molecule has 0 saturated carbocycles. The number of alkyl halides is 2. The minimum atomic E-state index is -3.14. The van der Waals surface area contributed by atoms with Gasteiger partial charge in [0.15, 0.2) is 11.6 Å². The van der Waals surface area contributed by atoms with E-state index in [0.717, 1.165) is 12.1 Å². The molecule has 1 aromatic heterocycles. The Kier molecular flexibility index (Phi) is 5.50. The normalized spacial score (nSPS) is 10.5. The molecule has 0 radical (unpaired) electrons. The molecule has 0 bridgehead atoms. The number of anilines is 3. The molecule has 0 atom stereocenters. The van der Waals surface area contributed by atoms with Gasteiger partial charge in [-0.2, -0.15) is 8.78 Å². The molecule has 0 spiro atoms. The monoisotopic (exact) mass is 374 g/mol. The molecule has 0 saturated heterocycles. The van der Waals surface area contributed by atoms with Gasteiger partial charge in [-0.1, -0.05) is 6.07 Å². The largest absolute Gasteiger partial charge is 0.432 e. The maximum Gasteiger partial charge on any atom is 0.387 e. The minimum absolute atomic E-state index is 0.101. The first-order valence-corrected chi connectivity index (χ1v) is 7.71. The summed E-state index contributed by atoms with van der Waals surface area (Å²) in [5, 5.41) is 5.44. The van der Waals surface area contributed by atoms with Gasteiger partial charge in [0, 0.05) is 35.4 Å². The highest BCUT2D eigenvalue weighted by atomic mass is 19.3. The Morgan fingerprint density at radius 2 is 1.78 bits per heavy atom. The quantitative estimate of drug-likeness (QED) is 0.676. The average Bonchev–Trinajstić information content (AvgIpc) is 2.65. The number of aromatic nitrogens is 2. The number of hydrogen-bond donors (Lipinski definition) is 2. The lowest BCUT2D eigenvalue weighted by molar-refractivity contribution is -0.0521. The lowest BCUT2D eigenvalue weighted by Crippen LogP contribution is -2.12. The standard InChI is InChI=1S/C18H13F3N4O2/c19-14-10-13(5-6-15(14)27-17(20)21)24-16(26)11-3-1-4-12(9-11)25-18-22-7-2-8-23-18/h1-10,17H,(H,24,26)(H,22,23,25). The summed E-state index contributed by atoms with van der Waals surface area (Å²) < 4.78 is 42.1. The molecule has 2 aromatic carbocycles. The minimum Gasteiger partial charge on any atom is -0.432 e. The van der Waals surface area contributed by atoms with Crippen molar-refractivity contribution in [2.75, 3.05) is 10.6 Å². The number of ether oxygens (including phenoxy) is 1. The van der Waals surface area contributed by atoms with Crippen LogP contribution in [0, 0.1) is 5.82 Å². The molecular formula is C18H13F3N4O2. The van der Waals surface area contributed by atoms with Crippen molar-refractivity contribution in [1.29, 1.82) is 0 Å². The SMILES string of the molecule is O=C(Nc1ccc(OC(F)F)c(F)c1)c1cccc(Nc2ncccn2)c1. The van der Waals surface area contributed by atoms with E-state index in [-0.39, 0.29) is 5.69 Å². The van der Waals surface area contributed by atoms with E-state index in [1.807, 2.05) is 0 Å². The summed E-state index contributed by atoms with van der Waals surface area (Å²) in [7, 11) is 0. The van der Waals surface area contributed by atoms with Crippen molar-refractivity contribution in [3.05, 3.63) is 72.3 Å². The maximum absolute atomic E-state index is 13.7. The van der Waals surface area contributed by atoms with Crippen LogP contribution in [0.2, 0.25) is 0 Å². The van der Waals surface area contributed by atoms with Crippen molar-refractivity contribution in [3.63, 3.8) is 0 Å². The van der Waals surface area contributed by atoms with Gasteiger partial charge in [-0.3, -0.25) is 4.79 Å². The molecule has 0 unspecified atom stereocenters. The zero-order valence-electron chi connectivity index (χ0n) is 13.7. The second-order valence-corrected chi connectivity index (χ2v) is 5.26. The van der Waals surface area contributed by atoms with Gasteiger partial charge < -0.3 is 15.4 Å². The first kappa shape index (κ1) is 18.2. The molecule has 9 heteroatoms. The van der Waals surface area contributed by atoms with Crippen LogP contribution in [0.3, 0.4) is 0 Å². The number of carbonyl (C=O) groups is 1. The summed E-state index contributed by atoms with van der Waals surface area (Å²) in [5.74, 6) is -1.75. The third-order valence-corrected chi connectivity index (χ3v) is 3.35. The highest BCUT2D eigenvalue weighted by Gasteiger charge is 2.12. The maximum atomic E-state index is 13.7. The molecule has 1 amide bonds. The third-order valence-electron chi connectivity index (χ3n) is 3.35. The van der Waals surface area contributed by atoms with E-state index in [2.05, 4.69) is 25.3 Å². The Morgan fingerprint density at radius 3 is 2.48 bits per heavy atom. The molecule has 3 aromatic rings. The van der Waals surface area contributed by atoms with Crippen LogP contribution >= 0.6 is 0 Å². The fourth-order valence-corrected chi connectivity index (χ4v) is 2.20. The number of hydrogen-bond acceptors (Lipinski definition) is 5. The van der Waals surface area contributed by atoms with Gasteiger partial charge in [0.1, 0.15) is 0 Å². The molecule has 138 valence electrons. The molecule has 6 nitrogen and oxygen atoms in total. The van der Waals surface area contributed by atoms with E-state index in [1.54, 1.807) is 42.7 Å². The molecular weight excluding hydrogens is 361 g/mol. The lowest BCUT2D eigenvalue weighted by atomic mass is 10.2. The molecule has 27 heavy (non-hydrogen) atoms. The fourth-order valence-electron chi connectivity index (χ4n) is 2.20. The zero-order chi connectivity index (χ0) is 19.2. The average molecular weight is 374 g/mol. The van der Waals surface area contributed by atoms with Gasteiger partial charge in [0.2, 0.25) is 5.95 Å². The zero-order valence-corrected chi connectivity index (χ0v) is 13.7. The summed E-state index contributed by atoms with van der Waals surface area (Å²) in [6.45, 7) is -3.14. The summed E-state index contributed by atoms with van der Waals surface area (Å²) in [5.41, 5.74) is 0.980. The first-order valence-electron chi connectivity index (χ1n) is 7.71. The molecule has 0 fully saturated rings. The number of amides is 1. The van der Waals surface area contributed by atoms with E-state index < -0.39 is 24.1 Å². The number of halogens is 3. The van der Waals surface area contributed by atoms with Crippen LogP contribution in [0.4, 0.5) is 30.5 Å². The summed E-state index contributed by atoms with van der Waals surface area (Å²) in [6, 6.07) is 11.4. The van der Waals surface area contributed by atoms with Crippen LogP contribution in [0.1, 0.15) is 10.4 Å². The highest BCUT2D eigenvalue weighted by molar-refractivity contribution is 6.04. The number of nitrogens with one attached hydrogen (secondary N) is 2. The third kappa shape index (κ3) is 4.94. The van der Waals surface area contributed by atoms with E-state index in [0.29, 0.717) is 17.2 Å². The molecule has 0 aliphatic heterocycles. The van der Waals surface area contributed by atoms with Crippen LogP contribution < -0.4 is 15.4 Å². The summed E-state index contributed by atoms with van der Waals surface area (Å²) in [4.78, 5) is 20.4. The van der Waals surface area contributed by atoms with Gasteiger partial charge in [0.25, 0.3) is 5.91 Å². The van der Waals surface area contributed by atoms with E-state index in [1.165, 1.54) is 6.07 Å². The van der Waals surface area contributed by atoms with Gasteiger partial charge in [-0.05, 0) is 36.4 Å². The predicted molar refractivity (Wildman–Crippen MR) is 92.7 cm³/mol. The van der Waals surface area contributed by atoms with Crippen molar-refractivity contribution in [3.8, 4) is 5.75 Å². The van der Waals surface area contributed by atoms with E-state index in [4.69, 9.17) is 0 Å². The van der Waals surface area contributed by atoms with Crippen molar-refractivity contribution < 1.29 is 22.7 Å². The predicted octanol–water partition coefficient (Wildman–Crippen LogP) is 4.21. The van der Waals surface area contributed by atoms with Gasteiger partial charge in [-0.15, -0.1) is 0 Å².